The summed E-state index contributed by atoms with van der Waals surface area (Å²) in [5.74, 6) is 0.560. The maximum atomic E-state index is 13.3. The van der Waals surface area contributed by atoms with E-state index in [4.69, 9.17) is 0 Å². The minimum Gasteiger partial charge on any atom is -0.342 e. The molecule has 5 nitrogen and oxygen atoms in total. The van der Waals surface area contributed by atoms with Gasteiger partial charge in [-0.1, -0.05) is 31.4 Å². The lowest BCUT2D eigenvalue weighted by atomic mass is 9.94. The molecule has 1 saturated carbocycles. The van der Waals surface area contributed by atoms with Gasteiger partial charge in [-0.2, -0.15) is 0 Å². The van der Waals surface area contributed by atoms with Crippen molar-refractivity contribution >= 4 is 22.8 Å². The van der Waals surface area contributed by atoms with Crippen LogP contribution in [0.3, 0.4) is 0 Å². The average molecular weight is 380 g/mol. The van der Waals surface area contributed by atoms with E-state index in [-0.39, 0.29) is 17.9 Å². The lowest BCUT2D eigenvalue weighted by Crippen LogP contribution is -2.47. The summed E-state index contributed by atoms with van der Waals surface area (Å²) < 4.78 is 13.3. The summed E-state index contributed by atoms with van der Waals surface area (Å²) in [4.78, 5) is 22.6. The average Bonchev–Trinajstić information content (AvgIpc) is 3.13. The van der Waals surface area contributed by atoms with Crippen LogP contribution in [0.1, 0.15) is 37.9 Å². The zero-order valence-corrected chi connectivity index (χ0v) is 15.8. The Labute approximate surface area is 164 Å². The number of carbonyl (C=O) groups excluding carboxylic acids is 1. The van der Waals surface area contributed by atoms with Gasteiger partial charge in [0.15, 0.2) is 0 Å². The van der Waals surface area contributed by atoms with Crippen LogP contribution in [-0.4, -0.2) is 28.6 Å². The largest absolute Gasteiger partial charge is 0.342 e. The highest BCUT2D eigenvalue weighted by molar-refractivity contribution is 5.92. The Morgan fingerprint density at radius 2 is 1.86 bits per heavy atom. The van der Waals surface area contributed by atoms with Gasteiger partial charge in [0, 0.05) is 24.7 Å². The van der Waals surface area contributed by atoms with Crippen LogP contribution in [0.4, 0.5) is 14.9 Å². The summed E-state index contributed by atoms with van der Waals surface area (Å²) >= 11 is 0. The lowest BCUT2D eigenvalue weighted by molar-refractivity contribution is 0.241. The van der Waals surface area contributed by atoms with Crippen LogP contribution in [-0.2, 0) is 6.42 Å². The zero-order valence-electron chi connectivity index (χ0n) is 15.8. The third-order valence-corrected chi connectivity index (χ3v) is 5.34. The van der Waals surface area contributed by atoms with E-state index >= 15 is 0 Å². The molecule has 0 spiro atoms. The topological polar surface area (TPSA) is 61.0 Å². The van der Waals surface area contributed by atoms with Crippen molar-refractivity contribution < 1.29 is 9.18 Å². The first-order valence-electron chi connectivity index (χ1n) is 9.97. The molecular weight excluding hydrogens is 355 g/mol. The van der Waals surface area contributed by atoms with Crippen molar-refractivity contribution in [2.45, 2.75) is 44.6 Å². The van der Waals surface area contributed by atoms with Gasteiger partial charge in [0.05, 0.1) is 11.0 Å². The Morgan fingerprint density at radius 3 is 2.61 bits per heavy atom. The number of para-hydroxylation sites is 2. The standard InChI is InChI=1S/C22H25FN4O/c23-16-10-12-18(13-11-16)27(17-6-2-1-3-7-17)22(28)24-15-14-21-25-19-8-4-5-9-20(19)26-21/h4-5,8-13,17H,1-3,6-7,14-15H2,(H,24,28)(H,25,26). The number of H-pyrrole nitrogens is 1. The van der Waals surface area contributed by atoms with Crippen LogP contribution in [0.15, 0.2) is 48.5 Å². The minimum atomic E-state index is -0.294. The van der Waals surface area contributed by atoms with E-state index in [9.17, 15) is 9.18 Å². The van der Waals surface area contributed by atoms with Gasteiger partial charge >= 0.3 is 6.03 Å². The highest BCUT2D eigenvalue weighted by Gasteiger charge is 2.26. The highest BCUT2D eigenvalue weighted by Crippen LogP contribution is 2.27. The van der Waals surface area contributed by atoms with E-state index < -0.39 is 0 Å². The van der Waals surface area contributed by atoms with E-state index in [0.29, 0.717) is 13.0 Å². The molecule has 2 N–H and O–H groups in total. The van der Waals surface area contributed by atoms with Gasteiger partial charge in [0.25, 0.3) is 0 Å². The van der Waals surface area contributed by atoms with Crippen LogP contribution in [0.25, 0.3) is 11.0 Å². The fraction of sp³-hybridized carbons (Fsp3) is 0.364. The van der Waals surface area contributed by atoms with Crippen molar-refractivity contribution in [3.05, 3.63) is 60.2 Å². The van der Waals surface area contributed by atoms with E-state index in [1.165, 1.54) is 18.6 Å². The van der Waals surface area contributed by atoms with Crippen LogP contribution in [0.2, 0.25) is 0 Å². The number of fused-ring (bicyclic) bond motifs is 1. The lowest BCUT2D eigenvalue weighted by Gasteiger charge is -2.34. The molecule has 2 amide bonds. The Hall–Kier alpha value is -2.89. The fourth-order valence-electron chi connectivity index (χ4n) is 3.93. The number of aromatic nitrogens is 2. The number of anilines is 1. The molecule has 146 valence electrons. The number of rotatable bonds is 5. The van der Waals surface area contributed by atoms with Gasteiger partial charge < -0.3 is 10.3 Å². The first-order valence-corrected chi connectivity index (χ1v) is 9.97. The number of hydrogen-bond donors (Lipinski definition) is 2. The molecule has 0 bridgehead atoms. The summed E-state index contributed by atoms with van der Waals surface area (Å²) in [7, 11) is 0. The SMILES string of the molecule is O=C(NCCc1nc2ccccc2[nH]1)N(c1ccc(F)cc1)C1CCCCC1. The number of hydrogen-bond acceptors (Lipinski definition) is 2. The van der Waals surface area contributed by atoms with Crippen molar-refractivity contribution in [3.8, 4) is 0 Å². The fourth-order valence-corrected chi connectivity index (χ4v) is 3.93. The van der Waals surface area contributed by atoms with Crippen LogP contribution in [0, 0.1) is 5.82 Å². The first-order chi connectivity index (χ1) is 13.7. The molecule has 0 radical (unpaired) electrons. The Balaban J connectivity index is 1.43. The summed E-state index contributed by atoms with van der Waals surface area (Å²) in [6.07, 6.45) is 6.04. The van der Waals surface area contributed by atoms with Crippen LogP contribution >= 0.6 is 0 Å². The van der Waals surface area contributed by atoms with E-state index in [0.717, 1.165) is 48.2 Å². The number of nitrogens with one attached hydrogen (secondary N) is 2. The van der Waals surface area contributed by atoms with Gasteiger partial charge in [-0.25, -0.2) is 14.2 Å². The number of benzene rings is 2. The predicted molar refractivity (Wildman–Crippen MR) is 109 cm³/mol. The number of aromatic amines is 1. The summed E-state index contributed by atoms with van der Waals surface area (Å²) in [6, 6.07) is 14.1. The molecule has 1 aromatic heterocycles. The van der Waals surface area contributed by atoms with Crippen molar-refractivity contribution in [2.24, 2.45) is 0 Å². The third-order valence-electron chi connectivity index (χ3n) is 5.34. The second kappa shape index (κ2) is 8.42. The normalized spacial score (nSPS) is 14.9. The van der Waals surface area contributed by atoms with Crippen LogP contribution in [0.5, 0.6) is 0 Å². The van der Waals surface area contributed by atoms with Gasteiger partial charge in [0.1, 0.15) is 11.6 Å². The number of carbonyl (C=O) groups is 1. The van der Waals surface area contributed by atoms with E-state index in [1.54, 1.807) is 17.0 Å². The van der Waals surface area contributed by atoms with Gasteiger partial charge in [-0.05, 0) is 49.2 Å². The number of halogens is 1. The van der Waals surface area contributed by atoms with Crippen molar-refractivity contribution in [3.63, 3.8) is 0 Å². The molecule has 1 fully saturated rings. The maximum absolute atomic E-state index is 13.3. The summed E-state index contributed by atoms with van der Waals surface area (Å²) in [6.45, 7) is 0.489. The third kappa shape index (κ3) is 4.16. The molecular formula is C22H25FN4O. The Morgan fingerprint density at radius 1 is 1.11 bits per heavy atom. The Bertz CT molecular complexity index is 898. The van der Waals surface area contributed by atoms with Gasteiger partial charge in [0.2, 0.25) is 0 Å². The molecule has 3 aromatic rings. The monoisotopic (exact) mass is 380 g/mol. The summed E-state index contributed by atoms with van der Waals surface area (Å²) in [5, 5.41) is 3.02. The molecule has 1 aliphatic rings. The predicted octanol–water partition coefficient (Wildman–Crippen LogP) is 4.79. The van der Waals surface area contributed by atoms with Crippen molar-refractivity contribution in [2.75, 3.05) is 11.4 Å². The first kappa shape index (κ1) is 18.5. The second-order valence-corrected chi connectivity index (χ2v) is 7.32. The van der Waals surface area contributed by atoms with Crippen LogP contribution < -0.4 is 10.2 Å². The minimum absolute atomic E-state index is 0.130. The summed E-state index contributed by atoms with van der Waals surface area (Å²) in [5.41, 5.74) is 2.67. The quantitative estimate of drug-likeness (QED) is 0.668. The zero-order chi connectivity index (χ0) is 19.3. The second-order valence-electron chi connectivity index (χ2n) is 7.32. The maximum Gasteiger partial charge on any atom is 0.322 e. The molecule has 4 rings (SSSR count). The number of imidazole rings is 1. The molecule has 0 aliphatic heterocycles. The van der Waals surface area contributed by atoms with Gasteiger partial charge in [-0.3, -0.25) is 4.90 Å². The molecule has 1 heterocycles. The molecule has 0 saturated heterocycles. The number of amides is 2. The highest BCUT2D eigenvalue weighted by atomic mass is 19.1. The van der Waals surface area contributed by atoms with E-state index in [1.807, 2.05) is 24.3 Å². The number of nitrogens with zero attached hydrogens (tertiary/aromatic N) is 2. The van der Waals surface area contributed by atoms with Crippen molar-refractivity contribution in [1.29, 1.82) is 0 Å². The van der Waals surface area contributed by atoms with E-state index in [2.05, 4.69) is 15.3 Å². The molecule has 6 heteroatoms. The number of urea groups is 1. The molecule has 28 heavy (non-hydrogen) atoms. The van der Waals surface area contributed by atoms with Crippen molar-refractivity contribution in [1.82, 2.24) is 15.3 Å². The van der Waals surface area contributed by atoms with Gasteiger partial charge in [-0.15, -0.1) is 0 Å². The molecule has 1 aliphatic carbocycles. The molecule has 0 atom stereocenters. The Kier molecular flexibility index (Phi) is 5.55. The molecule has 0 unspecified atom stereocenters. The smallest absolute Gasteiger partial charge is 0.322 e. The molecule has 2 aromatic carbocycles.